The fourth-order valence-corrected chi connectivity index (χ4v) is 3.49. The molecule has 3 rings (SSSR count). The summed E-state index contributed by atoms with van der Waals surface area (Å²) in [5.41, 5.74) is 0. The summed E-state index contributed by atoms with van der Waals surface area (Å²) in [5.74, 6) is 0.573. The van der Waals surface area contributed by atoms with Gasteiger partial charge in [-0.05, 0) is 30.9 Å². The topological polar surface area (TPSA) is 37.8 Å². The molecule has 3 heterocycles. The van der Waals surface area contributed by atoms with Crippen LogP contribution >= 0.6 is 22.9 Å². The van der Waals surface area contributed by atoms with Gasteiger partial charge in [0.05, 0.1) is 0 Å². The van der Waals surface area contributed by atoms with Crippen LogP contribution in [0.2, 0.25) is 4.47 Å². The minimum absolute atomic E-state index is 0.567. The van der Waals surface area contributed by atoms with Crippen molar-refractivity contribution < 1.29 is 0 Å². The van der Waals surface area contributed by atoms with E-state index in [9.17, 15) is 0 Å². The Morgan fingerprint density at radius 1 is 1.38 bits per heavy atom. The molecule has 3 unspecified atom stereocenters. The molecule has 0 aliphatic carbocycles. The normalized spacial score (nSPS) is 37.2. The molecule has 70 valence electrons. The number of fused-ring (bicyclic) bond motifs is 2. The maximum Gasteiger partial charge on any atom is 0.207 e. The molecule has 0 saturated carbocycles. The number of nitrogens with one attached hydrogen (secondary N) is 1. The van der Waals surface area contributed by atoms with Gasteiger partial charge < -0.3 is 5.32 Å². The van der Waals surface area contributed by atoms with Crippen LogP contribution < -0.4 is 5.32 Å². The van der Waals surface area contributed by atoms with Crippen molar-refractivity contribution in [1.29, 1.82) is 0 Å². The first-order chi connectivity index (χ1) is 6.33. The summed E-state index contributed by atoms with van der Waals surface area (Å²) >= 11 is 7.29. The summed E-state index contributed by atoms with van der Waals surface area (Å²) in [4.78, 5) is 0. The Morgan fingerprint density at radius 3 is 2.85 bits per heavy atom. The molecule has 2 aliphatic rings. The van der Waals surface area contributed by atoms with Gasteiger partial charge in [-0.2, -0.15) is 0 Å². The molecule has 2 bridgehead atoms. The Labute approximate surface area is 85.5 Å². The van der Waals surface area contributed by atoms with E-state index in [0.717, 1.165) is 11.0 Å². The zero-order valence-corrected chi connectivity index (χ0v) is 8.61. The molecule has 0 aromatic carbocycles. The summed E-state index contributed by atoms with van der Waals surface area (Å²) in [5, 5.41) is 12.7. The lowest BCUT2D eigenvalue weighted by atomic mass is 9.90. The van der Waals surface area contributed by atoms with Crippen molar-refractivity contribution in [3.8, 4) is 0 Å². The summed E-state index contributed by atoms with van der Waals surface area (Å²) < 4.78 is 0.567. The van der Waals surface area contributed by atoms with E-state index in [4.69, 9.17) is 11.6 Å². The Bertz CT molecular complexity index is 327. The van der Waals surface area contributed by atoms with Crippen LogP contribution in [0.15, 0.2) is 0 Å². The highest BCUT2D eigenvalue weighted by Crippen LogP contribution is 2.41. The molecule has 0 amide bonds. The van der Waals surface area contributed by atoms with Crippen LogP contribution in [0.3, 0.4) is 0 Å². The Kier molecular flexibility index (Phi) is 1.82. The number of aromatic nitrogens is 2. The largest absolute Gasteiger partial charge is 0.311 e. The average molecular weight is 216 g/mol. The van der Waals surface area contributed by atoms with Gasteiger partial charge in [0.2, 0.25) is 4.47 Å². The lowest BCUT2D eigenvalue weighted by molar-refractivity contribution is 0.502. The third-order valence-electron chi connectivity index (χ3n) is 3.03. The van der Waals surface area contributed by atoms with E-state index in [1.54, 1.807) is 0 Å². The fourth-order valence-electron chi connectivity index (χ4n) is 2.46. The van der Waals surface area contributed by atoms with Gasteiger partial charge in [0.1, 0.15) is 5.01 Å². The first-order valence-electron chi connectivity index (χ1n) is 4.58. The van der Waals surface area contributed by atoms with Crippen molar-refractivity contribution in [2.75, 3.05) is 0 Å². The first kappa shape index (κ1) is 8.15. The smallest absolute Gasteiger partial charge is 0.207 e. The van der Waals surface area contributed by atoms with E-state index in [1.165, 1.54) is 30.6 Å². The van der Waals surface area contributed by atoms with Gasteiger partial charge in [-0.1, -0.05) is 11.3 Å². The van der Waals surface area contributed by atoms with Crippen molar-refractivity contribution in [1.82, 2.24) is 15.5 Å². The Hall–Kier alpha value is -0.190. The molecule has 0 radical (unpaired) electrons. The molecular weight excluding hydrogens is 206 g/mol. The molecule has 1 aromatic heterocycles. The van der Waals surface area contributed by atoms with Gasteiger partial charge in [-0.3, -0.25) is 0 Å². The van der Waals surface area contributed by atoms with E-state index >= 15 is 0 Å². The highest BCUT2D eigenvalue weighted by molar-refractivity contribution is 7.15. The highest BCUT2D eigenvalue weighted by atomic mass is 35.5. The highest BCUT2D eigenvalue weighted by Gasteiger charge is 2.41. The molecule has 1 N–H and O–H groups in total. The van der Waals surface area contributed by atoms with Gasteiger partial charge in [-0.25, -0.2) is 0 Å². The fraction of sp³-hybridized carbons (Fsp3) is 0.750. The summed E-state index contributed by atoms with van der Waals surface area (Å²) in [6, 6.07) is 1.35. The minimum atomic E-state index is 0.567. The second kappa shape index (κ2) is 2.90. The van der Waals surface area contributed by atoms with E-state index in [2.05, 4.69) is 15.5 Å². The number of halogens is 1. The monoisotopic (exact) mass is 215 g/mol. The molecule has 0 spiro atoms. The van der Waals surface area contributed by atoms with E-state index in [0.29, 0.717) is 16.4 Å². The number of hydrogen-bond donors (Lipinski definition) is 1. The molecule has 2 saturated heterocycles. The van der Waals surface area contributed by atoms with Crippen LogP contribution in [0.4, 0.5) is 0 Å². The van der Waals surface area contributed by atoms with Crippen LogP contribution in [-0.4, -0.2) is 22.3 Å². The number of nitrogens with zero attached hydrogens (tertiary/aromatic N) is 2. The predicted octanol–water partition coefficient (Wildman–Crippen LogP) is 1.80. The van der Waals surface area contributed by atoms with Crippen LogP contribution in [0.5, 0.6) is 0 Å². The maximum atomic E-state index is 5.77. The Balaban J connectivity index is 1.87. The predicted molar refractivity (Wildman–Crippen MR) is 52.2 cm³/mol. The van der Waals surface area contributed by atoms with Crippen molar-refractivity contribution in [2.24, 2.45) is 0 Å². The number of rotatable bonds is 1. The first-order valence-corrected chi connectivity index (χ1v) is 5.77. The quantitative estimate of drug-likeness (QED) is 0.777. The zero-order chi connectivity index (χ0) is 8.84. The van der Waals surface area contributed by atoms with Crippen molar-refractivity contribution in [3.63, 3.8) is 0 Å². The summed E-state index contributed by atoms with van der Waals surface area (Å²) in [6.45, 7) is 0. The molecule has 3 nitrogen and oxygen atoms in total. The third kappa shape index (κ3) is 1.28. The van der Waals surface area contributed by atoms with Crippen LogP contribution in [0.1, 0.15) is 30.2 Å². The third-order valence-corrected chi connectivity index (χ3v) is 4.18. The van der Waals surface area contributed by atoms with E-state index < -0.39 is 0 Å². The molecular formula is C8H10ClN3S. The maximum absolute atomic E-state index is 5.77. The minimum Gasteiger partial charge on any atom is -0.311 e. The lowest BCUT2D eigenvalue weighted by Gasteiger charge is -2.16. The lowest BCUT2D eigenvalue weighted by Crippen LogP contribution is -2.21. The summed E-state index contributed by atoms with van der Waals surface area (Å²) in [6.07, 6.45) is 3.83. The van der Waals surface area contributed by atoms with Gasteiger partial charge >= 0.3 is 0 Å². The van der Waals surface area contributed by atoms with Gasteiger partial charge in [-0.15, -0.1) is 10.2 Å². The number of hydrogen-bond acceptors (Lipinski definition) is 4. The van der Waals surface area contributed by atoms with Gasteiger partial charge in [0, 0.05) is 18.0 Å². The van der Waals surface area contributed by atoms with Gasteiger partial charge in [0.25, 0.3) is 0 Å². The van der Waals surface area contributed by atoms with Crippen LogP contribution in [0, 0.1) is 0 Å². The van der Waals surface area contributed by atoms with Crippen molar-refractivity contribution in [3.05, 3.63) is 9.47 Å². The molecule has 2 fully saturated rings. The second-order valence-electron chi connectivity index (χ2n) is 3.78. The average Bonchev–Trinajstić information content (AvgIpc) is 2.77. The van der Waals surface area contributed by atoms with Crippen LogP contribution in [-0.2, 0) is 0 Å². The standard InChI is InChI=1S/C8H10ClN3S/c9-8-12-11-7(13-8)5-3-4-1-2-6(5)10-4/h4-6,10H,1-3H2. The molecule has 3 atom stereocenters. The molecule has 2 aliphatic heterocycles. The zero-order valence-electron chi connectivity index (χ0n) is 7.03. The molecule has 1 aromatic rings. The molecule has 13 heavy (non-hydrogen) atoms. The van der Waals surface area contributed by atoms with Gasteiger partial charge in [0.15, 0.2) is 0 Å². The van der Waals surface area contributed by atoms with E-state index in [-0.39, 0.29) is 0 Å². The van der Waals surface area contributed by atoms with E-state index in [1.807, 2.05) is 0 Å². The molecule has 5 heteroatoms. The Morgan fingerprint density at radius 2 is 2.31 bits per heavy atom. The van der Waals surface area contributed by atoms with Crippen molar-refractivity contribution >= 4 is 22.9 Å². The second-order valence-corrected chi connectivity index (χ2v) is 5.37. The van der Waals surface area contributed by atoms with Crippen molar-refractivity contribution in [2.45, 2.75) is 37.3 Å². The SMILES string of the molecule is Clc1nnc(C2CC3CCC2N3)s1. The van der Waals surface area contributed by atoms with Crippen LogP contribution in [0.25, 0.3) is 0 Å². The summed E-state index contributed by atoms with van der Waals surface area (Å²) in [7, 11) is 0.